The van der Waals surface area contributed by atoms with E-state index in [1.165, 1.54) is 6.20 Å². The van der Waals surface area contributed by atoms with Gasteiger partial charge in [-0.15, -0.1) is 0 Å². The van der Waals surface area contributed by atoms with E-state index in [1.54, 1.807) is 34.1 Å². The zero-order valence-corrected chi connectivity index (χ0v) is 17.9. The highest BCUT2D eigenvalue weighted by molar-refractivity contribution is 9.10. The lowest BCUT2D eigenvalue weighted by Crippen LogP contribution is -2.41. The van der Waals surface area contributed by atoms with Crippen LogP contribution in [0.2, 0.25) is 0 Å². The molecule has 1 fully saturated rings. The number of hydrogen-bond acceptors (Lipinski definition) is 4. The van der Waals surface area contributed by atoms with Gasteiger partial charge < -0.3 is 9.80 Å². The van der Waals surface area contributed by atoms with Crippen molar-refractivity contribution >= 4 is 43.0 Å². The van der Waals surface area contributed by atoms with Gasteiger partial charge in [-0.1, -0.05) is 35.0 Å². The van der Waals surface area contributed by atoms with Crippen molar-refractivity contribution in [1.82, 2.24) is 4.90 Å². The average Bonchev–Trinajstić information content (AvgIpc) is 2.69. The van der Waals surface area contributed by atoms with E-state index < -0.39 is 15.7 Å². The van der Waals surface area contributed by atoms with E-state index in [0.717, 1.165) is 23.0 Å². The quantitative estimate of drug-likeness (QED) is 0.662. The van der Waals surface area contributed by atoms with E-state index in [-0.39, 0.29) is 9.80 Å². The fraction of sp³-hybridized carbons (Fsp3) is 0.286. The van der Waals surface area contributed by atoms with Crippen LogP contribution in [0.15, 0.2) is 69.0 Å². The van der Waals surface area contributed by atoms with Crippen LogP contribution in [0.5, 0.6) is 0 Å². The molecule has 0 atom stereocenters. The van der Waals surface area contributed by atoms with E-state index in [9.17, 15) is 13.2 Å². The molecule has 0 aliphatic carbocycles. The summed E-state index contributed by atoms with van der Waals surface area (Å²) in [4.78, 5) is 16.6. The molecule has 2 aromatic carbocycles. The lowest BCUT2D eigenvalue weighted by atomic mass is 9.99. The van der Waals surface area contributed by atoms with Gasteiger partial charge >= 0.3 is 0 Å². The number of amides is 1. The molecule has 0 N–H and O–H groups in total. The molecule has 2 aromatic rings. The fourth-order valence-electron chi connectivity index (χ4n) is 3.61. The van der Waals surface area contributed by atoms with E-state index in [1.807, 2.05) is 24.3 Å². The molecule has 0 unspecified atom stereocenters. The van der Waals surface area contributed by atoms with Crippen LogP contribution in [-0.2, 0) is 14.6 Å². The van der Waals surface area contributed by atoms with Gasteiger partial charge in [0.2, 0.25) is 9.84 Å². The first-order valence-electron chi connectivity index (χ1n) is 9.28. The number of nitrogens with zero attached hydrogens (tertiary/aromatic N) is 2. The third kappa shape index (κ3) is 3.37. The maximum atomic E-state index is 13.2. The first kappa shape index (κ1) is 19.2. The molecule has 28 heavy (non-hydrogen) atoms. The van der Waals surface area contributed by atoms with Crippen molar-refractivity contribution in [3.05, 3.63) is 64.1 Å². The Morgan fingerprint density at radius 2 is 1.68 bits per heavy atom. The highest BCUT2D eigenvalue weighted by atomic mass is 79.9. The zero-order valence-electron chi connectivity index (χ0n) is 15.5. The molecule has 0 aromatic heterocycles. The van der Waals surface area contributed by atoms with Gasteiger partial charge in [-0.25, -0.2) is 8.42 Å². The SMILES string of the molecule is CC1CCN(C(=O)C2=CN(c3ccc(Br)cc3)c3ccccc3S2(=O)=O)CC1. The number of likely N-dealkylation sites (tertiary alicyclic amines) is 1. The van der Waals surface area contributed by atoms with Gasteiger partial charge in [-0.2, -0.15) is 0 Å². The molecule has 0 bridgehead atoms. The number of anilines is 2. The van der Waals surface area contributed by atoms with Gasteiger partial charge in [0.1, 0.15) is 0 Å². The first-order valence-corrected chi connectivity index (χ1v) is 11.6. The molecule has 1 amide bonds. The third-order valence-electron chi connectivity index (χ3n) is 5.34. The molecular weight excluding hydrogens is 440 g/mol. The number of para-hydroxylation sites is 1. The van der Waals surface area contributed by atoms with Crippen LogP contribution < -0.4 is 4.90 Å². The zero-order chi connectivity index (χ0) is 19.9. The van der Waals surface area contributed by atoms with E-state index in [2.05, 4.69) is 22.9 Å². The van der Waals surface area contributed by atoms with Gasteiger partial charge in [0.15, 0.2) is 4.91 Å². The molecule has 2 aliphatic rings. The minimum Gasteiger partial charge on any atom is -0.338 e. The van der Waals surface area contributed by atoms with Crippen molar-refractivity contribution in [3.8, 4) is 0 Å². The number of benzene rings is 2. The van der Waals surface area contributed by atoms with Crippen LogP contribution in [-0.4, -0.2) is 32.3 Å². The number of rotatable bonds is 2. The maximum absolute atomic E-state index is 13.2. The van der Waals surface area contributed by atoms with E-state index in [0.29, 0.717) is 24.7 Å². The Hall–Kier alpha value is -2.12. The van der Waals surface area contributed by atoms with Crippen molar-refractivity contribution in [2.45, 2.75) is 24.7 Å². The molecule has 1 saturated heterocycles. The van der Waals surface area contributed by atoms with Crippen molar-refractivity contribution in [2.24, 2.45) is 5.92 Å². The normalized spacial score (nSPS) is 19.1. The number of hydrogen-bond donors (Lipinski definition) is 0. The highest BCUT2D eigenvalue weighted by Gasteiger charge is 2.38. The second-order valence-electron chi connectivity index (χ2n) is 7.29. The Bertz CT molecular complexity index is 1040. The molecule has 4 rings (SSSR count). The Morgan fingerprint density at radius 1 is 1.04 bits per heavy atom. The van der Waals surface area contributed by atoms with Gasteiger partial charge in [0.25, 0.3) is 5.91 Å². The van der Waals surface area contributed by atoms with Crippen LogP contribution in [0.4, 0.5) is 11.4 Å². The number of carbonyl (C=O) groups excluding carboxylic acids is 1. The largest absolute Gasteiger partial charge is 0.338 e. The molecule has 0 radical (unpaired) electrons. The summed E-state index contributed by atoms with van der Waals surface area (Å²) in [7, 11) is -3.88. The summed E-state index contributed by atoms with van der Waals surface area (Å²) in [6, 6.07) is 14.4. The summed E-state index contributed by atoms with van der Waals surface area (Å²) in [6.45, 7) is 3.34. The number of halogens is 1. The Kier molecular flexibility index (Phi) is 5.05. The van der Waals surface area contributed by atoms with Crippen LogP contribution in [0, 0.1) is 5.92 Å². The van der Waals surface area contributed by atoms with Gasteiger partial charge in [0, 0.05) is 29.4 Å². The maximum Gasteiger partial charge on any atom is 0.267 e. The number of carbonyl (C=O) groups is 1. The molecule has 0 spiro atoms. The fourth-order valence-corrected chi connectivity index (χ4v) is 5.41. The molecule has 146 valence electrons. The van der Waals surface area contributed by atoms with Crippen LogP contribution >= 0.6 is 15.9 Å². The summed E-state index contributed by atoms with van der Waals surface area (Å²) in [5, 5.41) is 0. The molecular formula is C21H21BrN2O3S. The number of sulfone groups is 1. The number of piperidine rings is 1. The number of fused-ring (bicyclic) bond motifs is 1. The summed E-state index contributed by atoms with van der Waals surface area (Å²) < 4.78 is 27.4. The van der Waals surface area contributed by atoms with Crippen LogP contribution in [0.1, 0.15) is 19.8 Å². The van der Waals surface area contributed by atoms with Crippen LogP contribution in [0.25, 0.3) is 0 Å². The summed E-state index contributed by atoms with van der Waals surface area (Å²) in [5.41, 5.74) is 1.34. The second-order valence-corrected chi connectivity index (χ2v) is 10.1. The standard InChI is InChI=1S/C21H21BrN2O3S/c1-15-10-12-23(13-11-15)21(25)20-14-24(17-8-6-16(22)7-9-17)18-4-2-3-5-19(18)28(20,26)27/h2-9,14-15H,10-13H2,1H3. The highest BCUT2D eigenvalue weighted by Crippen LogP contribution is 2.40. The molecule has 0 saturated carbocycles. The average molecular weight is 461 g/mol. The van der Waals surface area contributed by atoms with Crippen LogP contribution in [0.3, 0.4) is 0 Å². The van der Waals surface area contributed by atoms with E-state index >= 15 is 0 Å². The van der Waals surface area contributed by atoms with Gasteiger partial charge in [-0.05, 0) is 55.2 Å². The Balaban J connectivity index is 1.80. The van der Waals surface area contributed by atoms with Gasteiger partial charge in [-0.3, -0.25) is 4.79 Å². The summed E-state index contributed by atoms with van der Waals surface area (Å²) in [5.74, 6) is 0.143. The lowest BCUT2D eigenvalue weighted by molar-refractivity contribution is -0.127. The molecule has 2 heterocycles. The van der Waals surface area contributed by atoms with Crippen molar-refractivity contribution in [2.75, 3.05) is 18.0 Å². The predicted molar refractivity (Wildman–Crippen MR) is 113 cm³/mol. The van der Waals surface area contributed by atoms with Crippen molar-refractivity contribution < 1.29 is 13.2 Å². The molecule has 2 aliphatic heterocycles. The second kappa shape index (κ2) is 7.37. The summed E-state index contributed by atoms with van der Waals surface area (Å²) >= 11 is 3.42. The lowest BCUT2D eigenvalue weighted by Gasteiger charge is -2.33. The predicted octanol–water partition coefficient (Wildman–Crippen LogP) is 4.47. The topological polar surface area (TPSA) is 57.7 Å². The Morgan fingerprint density at radius 3 is 2.36 bits per heavy atom. The molecule has 5 nitrogen and oxygen atoms in total. The monoisotopic (exact) mass is 460 g/mol. The minimum absolute atomic E-state index is 0.161. The summed E-state index contributed by atoms with van der Waals surface area (Å²) in [6.07, 6.45) is 3.26. The van der Waals surface area contributed by atoms with E-state index in [4.69, 9.17) is 0 Å². The smallest absolute Gasteiger partial charge is 0.267 e. The minimum atomic E-state index is -3.88. The Labute approximate surface area is 173 Å². The first-order chi connectivity index (χ1) is 13.4. The molecule has 7 heteroatoms. The van der Waals surface area contributed by atoms with Crippen molar-refractivity contribution in [1.29, 1.82) is 0 Å². The van der Waals surface area contributed by atoms with Gasteiger partial charge in [0.05, 0.1) is 10.6 Å². The third-order valence-corrected chi connectivity index (χ3v) is 7.65. The van der Waals surface area contributed by atoms with Crippen molar-refractivity contribution in [3.63, 3.8) is 0 Å².